The molecule has 2 N–H and O–H groups in total. The van der Waals surface area contributed by atoms with E-state index in [9.17, 15) is 0 Å². The lowest BCUT2D eigenvalue weighted by Gasteiger charge is -2.15. The zero-order valence-corrected chi connectivity index (χ0v) is 16.4. The quantitative estimate of drug-likeness (QED) is 0.518. The van der Waals surface area contributed by atoms with Crippen molar-refractivity contribution in [2.24, 2.45) is 4.99 Å². The summed E-state index contributed by atoms with van der Waals surface area (Å²) in [7, 11) is 4.10. The van der Waals surface area contributed by atoms with Crippen LogP contribution in [0.25, 0.3) is 5.65 Å². The highest BCUT2D eigenvalue weighted by molar-refractivity contribution is 5.79. The van der Waals surface area contributed by atoms with Gasteiger partial charge in [-0.1, -0.05) is 12.1 Å². The standard InChI is InChI=1S/C20H27N7/c1-5-21-20(22-13-16-9-10-17(26(3)4)12-15(16)2)23-14-19-25-24-18-8-6-7-11-27(18)19/h6-12H,5,13-14H2,1-4H3,(H2,21,22,23). The zero-order valence-electron chi connectivity index (χ0n) is 16.4. The average Bonchev–Trinajstić information content (AvgIpc) is 3.08. The van der Waals surface area contributed by atoms with E-state index >= 15 is 0 Å². The van der Waals surface area contributed by atoms with Gasteiger partial charge in [0, 0.05) is 32.5 Å². The third-order valence-electron chi connectivity index (χ3n) is 4.39. The van der Waals surface area contributed by atoms with Crippen molar-refractivity contribution in [1.29, 1.82) is 0 Å². The minimum atomic E-state index is 0.551. The van der Waals surface area contributed by atoms with E-state index in [1.54, 1.807) is 0 Å². The maximum atomic E-state index is 4.72. The van der Waals surface area contributed by atoms with Gasteiger partial charge in [-0.3, -0.25) is 4.40 Å². The Balaban J connectivity index is 1.69. The monoisotopic (exact) mass is 365 g/mol. The molecule has 2 heterocycles. The lowest BCUT2D eigenvalue weighted by atomic mass is 10.1. The first-order chi connectivity index (χ1) is 13.1. The van der Waals surface area contributed by atoms with Crippen molar-refractivity contribution in [2.75, 3.05) is 25.5 Å². The van der Waals surface area contributed by atoms with Gasteiger partial charge in [0.05, 0.1) is 13.1 Å². The molecule has 0 atom stereocenters. The Bertz CT molecular complexity index is 927. The van der Waals surface area contributed by atoms with Crippen LogP contribution in [-0.4, -0.2) is 41.2 Å². The molecular formula is C20H27N7. The van der Waals surface area contributed by atoms with Crippen molar-refractivity contribution in [3.63, 3.8) is 0 Å². The van der Waals surface area contributed by atoms with E-state index in [1.807, 2.05) is 42.9 Å². The summed E-state index contributed by atoms with van der Waals surface area (Å²) < 4.78 is 1.97. The van der Waals surface area contributed by atoms with E-state index < -0.39 is 0 Å². The number of rotatable bonds is 6. The maximum Gasteiger partial charge on any atom is 0.191 e. The first-order valence-corrected chi connectivity index (χ1v) is 9.16. The Morgan fingerprint density at radius 2 is 2.00 bits per heavy atom. The van der Waals surface area contributed by atoms with Crippen molar-refractivity contribution in [3.05, 3.63) is 59.5 Å². The predicted molar refractivity (Wildman–Crippen MR) is 110 cm³/mol. The van der Waals surface area contributed by atoms with Gasteiger partial charge in [-0.25, -0.2) is 4.99 Å². The number of hydrogen-bond donors (Lipinski definition) is 2. The fraction of sp³-hybridized carbons (Fsp3) is 0.350. The van der Waals surface area contributed by atoms with E-state index in [4.69, 9.17) is 4.99 Å². The number of hydrogen-bond acceptors (Lipinski definition) is 4. The van der Waals surface area contributed by atoms with Gasteiger partial charge in [0.25, 0.3) is 0 Å². The van der Waals surface area contributed by atoms with Crippen LogP contribution in [0.1, 0.15) is 23.9 Å². The first-order valence-electron chi connectivity index (χ1n) is 9.16. The molecule has 1 aromatic carbocycles. The average molecular weight is 365 g/mol. The normalized spacial score (nSPS) is 11.6. The van der Waals surface area contributed by atoms with Crippen molar-refractivity contribution in [2.45, 2.75) is 26.9 Å². The molecule has 7 nitrogen and oxygen atoms in total. The number of nitrogens with zero attached hydrogens (tertiary/aromatic N) is 5. The second-order valence-electron chi connectivity index (χ2n) is 6.60. The van der Waals surface area contributed by atoms with Crippen LogP contribution in [0.2, 0.25) is 0 Å². The maximum absolute atomic E-state index is 4.72. The molecule has 0 aliphatic rings. The SMILES string of the molecule is CCNC(=NCc1ccc(N(C)C)cc1C)NCc1nnc2ccccn12. The summed E-state index contributed by atoms with van der Waals surface area (Å²) in [6, 6.07) is 12.3. The van der Waals surface area contributed by atoms with Gasteiger partial charge >= 0.3 is 0 Å². The molecule has 142 valence electrons. The summed E-state index contributed by atoms with van der Waals surface area (Å²) in [6.45, 7) is 6.15. The van der Waals surface area contributed by atoms with Crippen LogP contribution in [0.3, 0.4) is 0 Å². The number of guanidine groups is 1. The van der Waals surface area contributed by atoms with E-state index in [0.29, 0.717) is 13.1 Å². The van der Waals surface area contributed by atoms with Gasteiger partial charge in [0.15, 0.2) is 17.4 Å². The molecule has 3 rings (SSSR count). The number of fused-ring (bicyclic) bond motifs is 1. The van der Waals surface area contributed by atoms with Crippen LogP contribution < -0.4 is 15.5 Å². The molecule has 0 saturated carbocycles. The molecule has 0 amide bonds. The number of nitrogens with one attached hydrogen (secondary N) is 2. The van der Waals surface area contributed by atoms with Crippen LogP contribution in [0.4, 0.5) is 5.69 Å². The van der Waals surface area contributed by atoms with Gasteiger partial charge < -0.3 is 15.5 Å². The molecule has 0 fully saturated rings. The topological polar surface area (TPSA) is 69.8 Å². The van der Waals surface area contributed by atoms with Crippen LogP contribution in [0.5, 0.6) is 0 Å². The van der Waals surface area contributed by atoms with Crippen LogP contribution in [-0.2, 0) is 13.1 Å². The van der Waals surface area contributed by atoms with E-state index in [2.05, 4.69) is 57.8 Å². The molecule has 3 aromatic rings. The molecular weight excluding hydrogens is 338 g/mol. The van der Waals surface area contributed by atoms with Crippen molar-refractivity contribution < 1.29 is 0 Å². The number of aliphatic imine (C=N–C) groups is 1. The highest BCUT2D eigenvalue weighted by Crippen LogP contribution is 2.18. The highest BCUT2D eigenvalue weighted by Gasteiger charge is 2.06. The van der Waals surface area contributed by atoms with Crippen LogP contribution in [0.15, 0.2) is 47.6 Å². The summed E-state index contributed by atoms with van der Waals surface area (Å²) in [4.78, 5) is 6.83. The van der Waals surface area contributed by atoms with Crippen LogP contribution in [0, 0.1) is 6.92 Å². The van der Waals surface area contributed by atoms with E-state index in [-0.39, 0.29) is 0 Å². The number of aromatic nitrogens is 3. The Morgan fingerprint density at radius 1 is 1.15 bits per heavy atom. The molecule has 0 bridgehead atoms. The lowest BCUT2D eigenvalue weighted by molar-refractivity contribution is 0.765. The number of anilines is 1. The molecule has 0 radical (unpaired) electrons. The summed E-state index contributed by atoms with van der Waals surface area (Å²) in [5.74, 6) is 1.61. The fourth-order valence-corrected chi connectivity index (χ4v) is 2.82. The molecule has 0 aliphatic heterocycles. The lowest BCUT2D eigenvalue weighted by Crippen LogP contribution is -2.37. The van der Waals surface area contributed by atoms with Crippen LogP contribution >= 0.6 is 0 Å². The van der Waals surface area contributed by atoms with Gasteiger partial charge in [-0.15, -0.1) is 10.2 Å². The van der Waals surface area contributed by atoms with E-state index in [1.165, 1.54) is 16.8 Å². The second kappa shape index (κ2) is 8.53. The number of benzene rings is 1. The molecule has 0 unspecified atom stereocenters. The van der Waals surface area contributed by atoms with Gasteiger partial charge in [-0.2, -0.15) is 0 Å². The Morgan fingerprint density at radius 3 is 2.74 bits per heavy atom. The molecule has 0 aliphatic carbocycles. The smallest absolute Gasteiger partial charge is 0.191 e. The first kappa shape index (κ1) is 18.7. The Hall–Kier alpha value is -3.09. The summed E-state index contributed by atoms with van der Waals surface area (Å²) >= 11 is 0. The zero-order chi connectivity index (χ0) is 19.2. The second-order valence-corrected chi connectivity index (χ2v) is 6.60. The van der Waals surface area contributed by atoms with E-state index in [0.717, 1.165) is 24.0 Å². The highest BCUT2D eigenvalue weighted by atomic mass is 15.3. The van der Waals surface area contributed by atoms with Gasteiger partial charge in [-0.05, 0) is 49.2 Å². The van der Waals surface area contributed by atoms with Crippen molar-refractivity contribution >= 4 is 17.3 Å². The molecule has 0 saturated heterocycles. The molecule has 27 heavy (non-hydrogen) atoms. The number of aryl methyl sites for hydroxylation is 1. The third-order valence-corrected chi connectivity index (χ3v) is 4.39. The summed E-state index contributed by atoms with van der Waals surface area (Å²) in [6.07, 6.45) is 1.96. The fourth-order valence-electron chi connectivity index (χ4n) is 2.82. The number of pyridine rings is 1. The van der Waals surface area contributed by atoms with Crippen molar-refractivity contribution in [3.8, 4) is 0 Å². The largest absolute Gasteiger partial charge is 0.378 e. The van der Waals surface area contributed by atoms with Crippen molar-refractivity contribution in [1.82, 2.24) is 25.2 Å². The summed E-state index contributed by atoms with van der Waals surface area (Å²) in [5.41, 5.74) is 4.49. The minimum Gasteiger partial charge on any atom is -0.378 e. The molecule has 0 spiro atoms. The summed E-state index contributed by atoms with van der Waals surface area (Å²) in [5, 5.41) is 15.1. The predicted octanol–water partition coefficient (Wildman–Crippen LogP) is 2.36. The Kier molecular flexibility index (Phi) is 5.90. The third kappa shape index (κ3) is 4.55. The minimum absolute atomic E-state index is 0.551. The van der Waals surface area contributed by atoms with Gasteiger partial charge in [0.1, 0.15) is 0 Å². The Labute approximate surface area is 160 Å². The molecule has 2 aromatic heterocycles. The van der Waals surface area contributed by atoms with Gasteiger partial charge in [0.2, 0.25) is 0 Å². The molecule has 7 heteroatoms.